The highest BCUT2D eigenvalue weighted by atomic mass is 16.5. The van der Waals surface area contributed by atoms with Crippen molar-refractivity contribution in [3.8, 4) is 0 Å². The van der Waals surface area contributed by atoms with Gasteiger partial charge in [-0.25, -0.2) is 0 Å². The van der Waals surface area contributed by atoms with Gasteiger partial charge in [0.05, 0.1) is 12.7 Å². The quantitative estimate of drug-likeness (QED) is 0.138. The van der Waals surface area contributed by atoms with Crippen LogP contribution in [-0.4, -0.2) is 60.4 Å². The van der Waals surface area contributed by atoms with Gasteiger partial charge >= 0.3 is 5.97 Å². The minimum atomic E-state index is -0.283. The standard InChI is InChI=1S/C25H41NO3.C22H37NO3/c1-16-9-11-25(6,20(13-16)15-29-19(4)28)23-10-12-24(5)17(2)7-8-22(24)21(23)14-26-18(3)27;1-14-5-6-19-18(12-23-15(2)25)20(8-10-21(14,19)3)22(4)9-7-17(26)11-16(22)13-24/h16,20-23H,2,7-15H2,1,3-6H3,(H,26,27);16-20,24,26H,1,5-13H2,2-4H3,(H,23,25)/t16-,20+,21-,22?,23?,24+,25-;16-,17+,18+,19?,20?,21-,22+/m01/s1. The molecule has 0 spiro atoms. The third-order valence-electron chi connectivity index (χ3n) is 17.7. The monoisotopic (exact) mass is 767 g/mol. The summed E-state index contributed by atoms with van der Waals surface area (Å²) in [6, 6.07) is 0. The van der Waals surface area contributed by atoms with Gasteiger partial charge < -0.3 is 25.6 Å². The number of fused-ring (bicyclic) bond motifs is 2. The van der Waals surface area contributed by atoms with Crippen LogP contribution in [0.2, 0.25) is 0 Å². The van der Waals surface area contributed by atoms with Gasteiger partial charge in [0, 0.05) is 40.5 Å². The van der Waals surface area contributed by atoms with Gasteiger partial charge in [0.15, 0.2) is 0 Å². The van der Waals surface area contributed by atoms with E-state index in [1.54, 1.807) is 13.8 Å². The zero-order valence-electron chi connectivity index (χ0n) is 35.9. The molecule has 0 bridgehead atoms. The van der Waals surface area contributed by atoms with E-state index < -0.39 is 0 Å². The van der Waals surface area contributed by atoms with Crippen molar-refractivity contribution in [2.45, 2.75) is 151 Å². The number of carbonyl (C=O) groups excluding carboxylic acids is 3. The smallest absolute Gasteiger partial charge is 0.302 e. The maximum absolute atomic E-state index is 11.8. The fourth-order valence-electron chi connectivity index (χ4n) is 13.9. The number of esters is 1. The second-order valence-corrected chi connectivity index (χ2v) is 20.5. The van der Waals surface area contributed by atoms with Crippen molar-refractivity contribution in [1.29, 1.82) is 0 Å². The van der Waals surface area contributed by atoms with Crippen molar-refractivity contribution >= 4 is 17.8 Å². The molecule has 0 aromatic carbocycles. The summed E-state index contributed by atoms with van der Waals surface area (Å²) in [5, 5.41) is 26.5. The average Bonchev–Trinajstić information content (AvgIpc) is 3.61. The number of hydrogen-bond donors (Lipinski definition) is 4. The SMILES string of the molecule is C=C1CCC2[C@H](CNC(C)=O)C([C@@]3(C)CC[C@H](C)C[C@@H]3COC(C)=O)CC[C@]12C.C=C1CCC2[C@H](CNC(C)=O)C([C@@]3(C)CC[C@H](O)C[C@@H]3CO)CC[C@]12C. The molecule has 0 heterocycles. The van der Waals surface area contributed by atoms with Gasteiger partial charge in [-0.2, -0.15) is 0 Å². The molecule has 0 saturated heterocycles. The number of ether oxygens (including phenoxy) is 1. The highest BCUT2D eigenvalue weighted by Crippen LogP contribution is 2.65. The largest absolute Gasteiger partial charge is 0.466 e. The van der Waals surface area contributed by atoms with Crippen LogP contribution in [0.4, 0.5) is 0 Å². The van der Waals surface area contributed by atoms with Gasteiger partial charge in [-0.3, -0.25) is 14.4 Å². The molecule has 4 unspecified atom stereocenters. The summed E-state index contributed by atoms with van der Waals surface area (Å²) in [7, 11) is 0. The number of hydrogen-bond acceptors (Lipinski definition) is 6. The Balaban J connectivity index is 0.000000212. The summed E-state index contributed by atoms with van der Waals surface area (Å²) >= 11 is 0. The Hall–Kier alpha value is -2.19. The molecule has 312 valence electrons. The summed E-state index contributed by atoms with van der Waals surface area (Å²) in [4.78, 5) is 35.0. The Morgan fingerprint density at radius 3 is 1.62 bits per heavy atom. The fourth-order valence-corrected chi connectivity index (χ4v) is 13.9. The Kier molecular flexibility index (Phi) is 13.9. The zero-order valence-corrected chi connectivity index (χ0v) is 35.9. The van der Waals surface area contributed by atoms with Gasteiger partial charge in [-0.1, -0.05) is 65.3 Å². The molecular formula is C47H78N2O6. The van der Waals surface area contributed by atoms with Gasteiger partial charge in [-0.15, -0.1) is 0 Å². The van der Waals surface area contributed by atoms with Crippen molar-refractivity contribution in [2.75, 3.05) is 26.3 Å². The van der Waals surface area contributed by atoms with E-state index in [2.05, 4.69) is 58.4 Å². The molecule has 6 rings (SSSR count). The molecule has 0 aromatic heterocycles. The molecule has 8 heteroatoms. The molecule has 0 aromatic rings. The van der Waals surface area contributed by atoms with Gasteiger partial charge in [0.1, 0.15) is 0 Å². The van der Waals surface area contributed by atoms with Gasteiger partial charge in [0.2, 0.25) is 11.8 Å². The summed E-state index contributed by atoms with van der Waals surface area (Å²) in [6.45, 7) is 27.6. The van der Waals surface area contributed by atoms with Gasteiger partial charge in [-0.05, 0) is 158 Å². The predicted molar refractivity (Wildman–Crippen MR) is 220 cm³/mol. The van der Waals surface area contributed by atoms with Crippen LogP contribution >= 0.6 is 0 Å². The molecule has 2 amide bonds. The van der Waals surface area contributed by atoms with E-state index >= 15 is 0 Å². The van der Waals surface area contributed by atoms with E-state index in [-0.39, 0.29) is 58.1 Å². The van der Waals surface area contributed by atoms with Crippen molar-refractivity contribution in [2.24, 2.45) is 74.9 Å². The number of nitrogens with one attached hydrogen (secondary N) is 2. The molecule has 8 nitrogen and oxygen atoms in total. The number of aliphatic hydroxyl groups is 2. The van der Waals surface area contributed by atoms with Crippen molar-refractivity contribution in [1.82, 2.24) is 10.6 Å². The van der Waals surface area contributed by atoms with Crippen LogP contribution in [-0.2, 0) is 19.1 Å². The van der Waals surface area contributed by atoms with Crippen LogP contribution in [0.5, 0.6) is 0 Å². The summed E-state index contributed by atoms with van der Waals surface area (Å²) in [5.74, 6) is 4.20. The minimum Gasteiger partial charge on any atom is -0.466 e. The van der Waals surface area contributed by atoms with Crippen molar-refractivity contribution < 1.29 is 29.3 Å². The van der Waals surface area contributed by atoms with Crippen LogP contribution in [0, 0.1) is 74.9 Å². The number of aliphatic hydroxyl groups excluding tert-OH is 2. The first-order valence-corrected chi connectivity index (χ1v) is 22.1. The molecule has 14 atom stereocenters. The average molecular weight is 767 g/mol. The summed E-state index contributed by atoms with van der Waals surface area (Å²) in [6.07, 6.45) is 15.0. The van der Waals surface area contributed by atoms with E-state index in [0.29, 0.717) is 60.4 Å². The van der Waals surface area contributed by atoms with Crippen LogP contribution < -0.4 is 10.6 Å². The fraction of sp³-hybridized carbons (Fsp3) is 0.851. The maximum Gasteiger partial charge on any atom is 0.302 e. The third kappa shape index (κ3) is 8.81. The first kappa shape index (κ1) is 43.9. The number of rotatable bonds is 9. The zero-order chi connectivity index (χ0) is 40.5. The van der Waals surface area contributed by atoms with E-state index in [1.807, 2.05) is 0 Å². The highest BCUT2D eigenvalue weighted by molar-refractivity contribution is 5.73. The Morgan fingerprint density at radius 1 is 0.691 bits per heavy atom. The van der Waals surface area contributed by atoms with Crippen LogP contribution in [0.15, 0.2) is 24.3 Å². The normalized spacial score (nSPS) is 44.0. The maximum atomic E-state index is 11.8. The van der Waals surface area contributed by atoms with Crippen LogP contribution in [0.1, 0.15) is 145 Å². The molecule has 6 aliphatic rings. The first-order chi connectivity index (χ1) is 25.8. The van der Waals surface area contributed by atoms with Crippen LogP contribution in [0.25, 0.3) is 0 Å². The Morgan fingerprint density at radius 2 is 1.16 bits per heavy atom. The second-order valence-electron chi connectivity index (χ2n) is 20.5. The molecule has 55 heavy (non-hydrogen) atoms. The van der Waals surface area contributed by atoms with Crippen molar-refractivity contribution in [3.63, 3.8) is 0 Å². The van der Waals surface area contributed by atoms with Gasteiger partial charge in [0.25, 0.3) is 0 Å². The lowest BCUT2D eigenvalue weighted by molar-refractivity contribution is -0.148. The molecule has 4 N–H and O–H groups in total. The predicted octanol–water partition coefficient (Wildman–Crippen LogP) is 8.41. The lowest BCUT2D eigenvalue weighted by atomic mass is 9.49. The molecule has 6 saturated carbocycles. The summed E-state index contributed by atoms with van der Waals surface area (Å²) in [5.41, 5.74) is 3.38. The lowest BCUT2D eigenvalue weighted by Crippen LogP contribution is -2.53. The highest BCUT2D eigenvalue weighted by Gasteiger charge is 2.58. The number of allylic oxidation sites excluding steroid dienone is 2. The van der Waals surface area contributed by atoms with E-state index in [4.69, 9.17) is 4.74 Å². The Labute approximate surface area is 333 Å². The Bertz CT molecular complexity index is 1430. The molecule has 6 fully saturated rings. The molecule has 6 aliphatic carbocycles. The van der Waals surface area contributed by atoms with Crippen molar-refractivity contribution in [3.05, 3.63) is 24.3 Å². The molecular weight excluding hydrogens is 689 g/mol. The first-order valence-electron chi connectivity index (χ1n) is 22.1. The van der Waals surface area contributed by atoms with E-state index in [0.717, 1.165) is 58.0 Å². The van der Waals surface area contributed by atoms with Crippen LogP contribution in [0.3, 0.4) is 0 Å². The second kappa shape index (κ2) is 17.3. The number of carbonyl (C=O) groups is 3. The van der Waals surface area contributed by atoms with E-state index in [1.165, 1.54) is 56.6 Å². The van der Waals surface area contributed by atoms with E-state index in [9.17, 15) is 24.6 Å². The summed E-state index contributed by atoms with van der Waals surface area (Å²) < 4.78 is 5.55. The minimum absolute atomic E-state index is 0.0301. The lowest BCUT2D eigenvalue weighted by Gasteiger charge is -2.57. The molecule has 0 aliphatic heterocycles. The number of amides is 2. The third-order valence-corrected chi connectivity index (χ3v) is 17.7. The molecule has 0 radical (unpaired) electrons. The topological polar surface area (TPSA) is 125 Å².